The Morgan fingerprint density at radius 1 is 1.30 bits per heavy atom. The minimum Gasteiger partial charge on any atom is -0.348 e. The summed E-state index contributed by atoms with van der Waals surface area (Å²) in [6, 6.07) is 4.05. The van der Waals surface area contributed by atoms with Gasteiger partial charge in [-0.1, -0.05) is 11.8 Å². The number of amides is 2. The van der Waals surface area contributed by atoms with Crippen molar-refractivity contribution in [3.63, 3.8) is 0 Å². The summed E-state index contributed by atoms with van der Waals surface area (Å²) in [6.07, 6.45) is 6.31. The van der Waals surface area contributed by atoms with Crippen molar-refractivity contribution in [3.8, 4) is 0 Å². The second-order valence-electron chi connectivity index (χ2n) is 6.93. The first kappa shape index (κ1) is 18.0. The number of nitrogens with zero attached hydrogens (tertiary/aromatic N) is 4. The van der Waals surface area contributed by atoms with Crippen molar-refractivity contribution in [2.45, 2.75) is 32.2 Å². The van der Waals surface area contributed by atoms with Gasteiger partial charge in [0.1, 0.15) is 5.65 Å². The molecule has 2 aliphatic rings. The molecule has 2 aromatic heterocycles. The van der Waals surface area contributed by atoms with Gasteiger partial charge >= 0.3 is 0 Å². The Balaban J connectivity index is 1.53. The van der Waals surface area contributed by atoms with Crippen molar-refractivity contribution >= 4 is 39.8 Å². The number of aromatic nitrogens is 2. The number of H-pyrrole nitrogens is 1. The smallest absolute Gasteiger partial charge is 0.281 e. The van der Waals surface area contributed by atoms with Crippen LogP contribution in [0.15, 0.2) is 29.5 Å². The molecule has 0 atom stereocenters. The third-order valence-electron chi connectivity index (χ3n) is 5.25. The SMILES string of the molecule is CC(=O)N1CCC(N2CCCSC2=NC(=O)c2c[nH]c3ncccc23)CC1. The van der Waals surface area contributed by atoms with Gasteiger partial charge in [0, 0.05) is 56.1 Å². The Labute approximate surface area is 162 Å². The number of aromatic amines is 1. The highest BCUT2D eigenvalue weighted by Gasteiger charge is 2.30. The average molecular weight is 385 g/mol. The number of rotatable bonds is 2. The number of amidine groups is 1. The van der Waals surface area contributed by atoms with Crippen LogP contribution < -0.4 is 0 Å². The standard InChI is InChI=1S/C19H23N5O2S/c1-13(25)23-9-5-14(6-10-23)24-8-3-11-27-19(24)22-18(26)16-12-21-17-15(16)4-2-7-20-17/h2,4,7,12,14H,3,5-6,8-11H2,1H3,(H,20,21). The Kier molecular flexibility index (Phi) is 5.15. The van der Waals surface area contributed by atoms with Crippen molar-refractivity contribution in [2.75, 3.05) is 25.4 Å². The van der Waals surface area contributed by atoms with Gasteiger partial charge in [0.25, 0.3) is 5.91 Å². The van der Waals surface area contributed by atoms with E-state index in [1.807, 2.05) is 17.0 Å². The van der Waals surface area contributed by atoms with E-state index >= 15 is 0 Å². The monoisotopic (exact) mass is 385 g/mol. The third-order valence-corrected chi connectivity index (χ3v) is 6.33. The van der Waals surface area contributed by atoms with E-state index < -0.39 is 0 Å². The van der Waals surface area contributed by atoms with Gasteiger partial charge in [0.2, 0.25) is 5.91 Å². The Hall–Kier alpha value is -2.35. The lowest BCUT2D eigenvalue weighted by atomic mass is 10.0. The van der Waals surface area contributed by atoms with Gasteiger partial charge in [-0.2, -0.15) is 4.99 Å². The molecule has 4 heterocycles. The van der Waals surface area contributed by atoms with E-state index in [0.717, 1.165) is 55.2 Å². The number of thioether (sulfide) groups is 1. The molecule has 2 aromatic rings. The molecule has 1 N–H and O–H groups in total. The molecular weight excluding hydrogens is 362 g/mol. The average Bonchev–Trinajstić information content (AvgIpc) is 3.13. The maximum Gasteiger partial charge on any atom is 0.281 e. The van der Waals surface area contributed by atoms with E-state index in [9.17, 15) is 9.59 Å². The van der Waals surface area contributed by atoms with Crippen LogP contribution in [-0.4, -0.2) is 68.2 Å². The summed E-state index contributed by atoms with van der Waals surface area (Å²) in [5.74, 6) is 0.882. The van der Waals surface area contributed by atoms with Gasteiger partial charge < -0.3 is 14.8 Å². The molecule has 2 fully saturated rings. The van der Waals surface area contributed by atoms with Crippen molar-refractivity contribution in [2.24, 2.45) is 4.99 Å². The lowest BCUT2D eigenvalue weighted by Crippen LogP contribution is -2.49. The molecule has 27 heavy (non-hydrogen) atoms. The molecule has 0 radical (unpaired) electrons. The van der Waals surface area contributed by atoms with Crippen molar-refractivity contribution in [1.82, 2.24) is 19.8 Å². The fourth-order valence-corrected chi connectivity index (χ4v) is 4.79. The second kappa shape index (κ2) is 7.72. The highest BCUT2D eigenvalue weighted by Crippen LogP contribution is 2.26. The maximum absolute atomic E-state index is 12.8. The van der Waals surface area contributed by atoms with Crippen LogP contribution >= 0.6 is 11.8 Å². The van der Waals surface area contributed by atoms with E-state index in [0.29, 0.717) is 17.3 Å². The normalized spacial score (nSPS) is 20.4. The van der Waals surface area contributed by atoms with Crippen LogP contribution in [0, 0.1) is 0 Å². The highest BCUT2D eigenvalue weighted by molar-refractivity contribution is 8.13. The molecule has 0 aliphatic carbocycles. The van der Waals surface area contributed by atoms with Crippen LogP contribution in [0.3, 0.4) is 0 Å². The summed E-state index contributed by atoms with van der Waals surface area (Å²) in [7, 11) is 0. The minimum absolute atomic E-state index is 0.137. The number of nitrogens with one attached hydrogen (secondary N) is 1. The Morgan fingerprint density at radius 2 is 2.11 bits per heavy atom. The van der Waals surface area contributed by atoms with Gasteiger partial charge in [-0.05, 0) is 31.4 Å². The van der Waals surface area contributed by atoms with E-state index in [1.165, 1.54) is 0 Å². The quantitative estimate of drug-likeness (QED) is 0.859. The number of carbonyl (C=O) groups is 2. The fourth-order valence-electron chi connectivity index (χ4n) is 3.78. The van der Waals surface area contributed by atoms with E-state index in [-0.39, 0.29) is 11.8 Å². The topological polar surface area (TPSA) is 81.7 Å². The molecule has 4 rings (SSSR count). The summed E-state index contributed by atoms with van der Waals surface area (Å²) in [5, 5.41) is 1.61. The number of hydrogen-bond donors (Lipinski definition) is 1. The molecule has 142 valence electrons. The number of aliphatic imine (C=N–C) groups is 1. The fraction of sp³-hybridized carbons (Fsp3) is 0.474. The van der Waals surface area contributed by atoms with Crippen LogP contribution in [0.25, 0.3) is 11.0 Å². The van der Waals surface area contributed by atoms with E-state index in [2.05, 4.69) is 19.9 Å². The summed E-state index contributed by atoms with van der Waals surface area (Å²) in [6.45, 7) is 4.09. The molecule has 0 bridgehead atoms. The Morgan fingerprint density at radius 3 is 2.89 bits per heavy atom. The lowest BCUT2D eigenvalue weighted by molar-refractivity contribution is -0.130. The van der Waals surface area contributed by atoms with E-state index in [1.54, 1.807) is 31.1 Å². The predicted molar refractivity (Wildman–Crippen MR) is 107 cm³/mol. The van der Waals surface area contributed by atoms with Gasteiger partial charge in [0.05, 0.1) is 5.56 Å². The first-order valence-corrected chi connectivity index (χ1v) is 10.3. The lowest BCUT2D eigenvalue weighted by Gasteiger charge is -2.41. The van der Waals surface area contributed by atoms with Crippen LogP contribution in [0.4, 0.5) is 0 Å². The number of carbonyl (C=O) groups excluding carboxylic acids is 2. The number of fused-ring (bicyclic) bond motifs is 1. The zero-order valence-electron chi connectivity index (χ0n) is 15.4. The van der Waals surface area contributed by atoms with Crippen LogP contribution in [0.1, 0.15) is 36.5 Å². The first-order chi connectivity index (χ1) is 13.1. The molecule has 2 saturated heterocycles. The summed E-state index contributed by atoms with van der Waals surface area (Å²) >= 11 is 1.65. The van der Waals surface area contributed by atoms with Crippen LogP contribution in [0.2, 0.25) is 0 Å². The van der Waals surface area contributed by atoms with Crippen LogP contribution in [0.5, 0.6) is 0 Å². The number of pyridine rings is 1. The third kappa shape index (κ3) is 3.71. The van der Waals surface area contributed by atoms with Crippen LogP contribution in [-0.2, 0) is 4.79 Å². The number of hydrogen-bond acceptors (Lipinski definition) is 4. The molecule has 0 spiro atoms. The molecule has 0 unspecified atom stereocenters. The van der Waals surface area contributed by atoms with Gasteiger partial charge in [-0.15, -0.1) is 0 Å². The predicted octanol–water partition coefficient (Wildman–Crippen LogP) is 2.51. The molecule has 0 saturated carbocycles. The van der Waals surface area contributed by atoms with Gasteiger partial charge in [-0.3, -0.25) is 9.59 Å². The minimum atomic E-state index is -0.232. The largest absolute Gasteiger partial charge is 0.348 e. The van der Waals surface area contributed by atoms with Gasteiger partial charge in [-0.25, -0.2) is 4.98 Å². The first-order valence-electron chi connectivity index (χ1n) is 9.33. The zero-order chi connectivity index (χ0) is 18.8. The Bertz CT molecular complexity index is 885. The molecular formula is C19H23N5O2S. The summed E-state index contributed by atoms with van der Waals surface area (Å²) in [4.78, 5) is 40.3. The molecule has 2 aliphatic heterocycles. The summed E-state index contributed by atoms with van der Waals surface area (Å²) < 4.78 is 0. The second-order valence-corrected chi connectivity index (χ2v) is 8.00. The highest BCUT2D eigenvalue weighted by atomic mass is 32.2. The molecule has 0 aromatic carbocycles. The molecule has 2 amide bonds. The molecule has 7 nitrogen and oxygen atoms in total. The number of piperidine rings is 1. The van der Waals surface area contributed by atoms with Crippen molar-refractivity contribution < 1.29 is 9.59 Å². The van der Waals surface area contributed by atoms with E-state index in [4.69, 9.17) is 0 Å². The summed E-state index contributed by atoms with van der Waals surface area (Å²) in [5.41, 5.74) is 1.26. The number of likely N-dealkylation sites (tertiary alicyclic amines) is 1. The van der Waals surface area contributed by atoms with Gasteiger partial charge in [0.15, 0.2) is 5.17 Å². The maximum atomic E-state index is 12.8. The van der Waals surface area contributed by atoms with Crippen molar-refractivity contribution in [1.29, 1.82) is 0 Å². The molecule has 8 heteroatoms. The van der Waals surface area contributed by atoms with Crippen molar-refractivity contribution in [3.05, 3.63) is 30.1 Å². The zero-order valence-corrected chi connectivity index (χ0v) is 16.2.